The van der Waals surface area contributed by atoms with Crippen LogP contribution in [0.2, 0.25) is 0 Å². The molecule has 3 nitrogen and oxygen atoms in total. The fourth-order valence-corrected chi connectivity index (χ4v) is 3.83. The molecule has 0 bridgehead atoms. The van der Waals surface area contributed by atoms with E-state index in [4.69, 9.17) is 0 Å². The van der Waals surface area contributed by atoms with Gasteiger partial charge in [0.2, 0.25) is 5.91 Å². The average Bonchev–Trinajstić information content (AvgIpc) is 2.93. The molecule has 1 N–H and O–H groups in total. The maximum Gasteiger partial charge on any atom is 0.244 e. The molecular formula is C16H24N2OS. The van der Waals surface area contributed by atoms with Gasteiger partial charge in [-0.25, -0.2) is 0 Å². The monoisotopic (exact) mass is 292 g/mol. The first-order chi connectivity index (χ1) is 9.53. The fraction of sp³-hybridized carbons (Fsp3) is 0.688. The highest BCUT2D eigenvalue weighted by Gasteiger charge is 2.52. The topological polar surface area (TPSA) is 32.3 Å². The highest BCUT2D eigenvalue weighted by molar-refractivity contribution is 7.07. The van der Waals surface area contributed by atoms with Gasteiger partial charge in [0, 0.05) is 6.54 Å². The van der Waals surface area contributed by atoms with Crippen molar-refractivity contribution in [2.45, 2.75) is 58.2 Å². The van der Waals surface area contributed by atoms with Crippen molar-refractivity contribution in [2.75, 3.05) is 6.54 Å². The molecule has 1 aliphatic heterocycles. The Morgan fingerprint density at radius 2 is 2.15 bits per heavy atom. The minimum absolute atomic E-state index is 0.0581. The van der Waals surface area contributed by atoms with E-state index in [1.54, 1.807) is 11.3 Å². The number of thiophene rings is 1. The van der Waals surface area contributed by atoms with Crippen molar-refractivity contribution in [3.8, 4) is 0 Å². The lowest BCUT2D eigenvalue weighted by molar-refractivity contribution is -0.133. The summed E-state index contributed by atoms with van der Waals surface area (Å²) in [6, 6.07) is 2.13. The van der Waals surface area contributed by atoms with Gasteiger partial charge in [0.05, 0.1) is 5.54 Å². The first-order valence-electron chi connectivity index (χ1n) is 7.64. The second-order valence-electron chi connectivity index (χ2n) is 6.58. The molecule has 4 heteroatoms. The minimum atomic E-state index is -0.406. The van der Waals surface area contributed by atoms with Crippen molar-refractivity contribution >= 4 is 17.2 Å². The van der Waals surface area contributed by atoms with E-state index in [9.17, 15) is 4.79 Å². The fourth-order valence-electron chi connectivity index (χ4n) is 3.15. The maximum atomic E-state index is 12.9. The van der Waals surface area contributed by atoms with Crippen molar-refractivity contribution in [1.29, 1.82) is 0 Å². The van der Waals surface area contributed by atoms with Gasteiger partial charge in [0.1, 0.15) is 6.17 Å². The summed E-state index contributed by atoms with van der Waals surface area (Å²) in [5, 5.41) is 7.83. The van der Waals surface area contributed by atoms with Crippen LogP contribution in [0.4, 0.5) is 0 Å². The summed E-state index contributed by atoms with van der Waals surface area (Å²) in [7, 11) is 0. The largest absolute Gasteiger partial charge is 0.321 e. The van der Waals surface area contributed by atoms with E-state index in [1.807, 2.05) is 6.92 Å². The number of carbonyl (C=O) groups is 1. The Balaban J connectivity index is 1.88. The van der Waals surface area contributed by atoms with Crippen LogP contribution in [0.25, 0.3) is 0 Å². The summed E-state index contributed by atoms with van der Waals surface area (Å²) in [4.78, 5) is 15.0. The van der Waals surface area contributed by atoms with Crippen molar-refractivity contribution in [2.24, 2.45) is 5.41 Å². The van der Waals surface area contributed by atoms with Crippen LogP contribution >= 0.6 is 11.3 Å². The molecule has 1 saturated heterocycles. The van der Waals surface area contributed by atoms with E-state index in [0.717, 1.165) is 13.0 Å². The quantitative estimate of drug-likeness (QED) is 0.900. The molecule has 110 valence electrons. The lowest BCUT2D eigenvalue weighted by Crippen LogP contribution is -2.43. The smallest absolute Gasteiger partial charge is 0.244 e. The molecule has 20 heavy (non-hydrogen) atoms. The number of nitrogens with zero attached hydrogens (tertiary/aromatic N) is 1. The molecule has 2 unspecified atom stereocenters. The van der Waals surface area contributed by atoms with Crippen LogP contribution < -0.4 is 5.32 Å². The molecule has 2 heterocycles. The highest BCUT2D eigenvalue weighted by Crippen LogP contribution is 2.51. The Kier molecular flexibility index (Phi) is 3.41. The van der Waals surface area contributed by atoms with E-state index in [-0.39, 0.29) is 12.1 Å². The van der Waals surface area contributed by atoms with Crippen LogP contribution in [-0.2, 0) is 4.79 Å². The Bertz CT molecular complexity index is 495. The van der Waals surface area contributed by atoms with Gasteiger partial charge in [0.15, 0.2) is 0 Å². The zero-order chi connectivity index (χ0) is 14.4. The molecule has 0 aromatic carbocycles. The summed E-state index contributed by atoms with van der Waals surface area (Å²) in [5.74, 6) is 0.274. The van der Waals surface area contributed by atoms with Crippen molar-refractivity contribution in [1.82, 2.24) is 10.2 Å². The number of rotatable bonds is 5. The van der Waals surface area contributed by atoms with E-state index < -0.39 is 5.54 Å². The van der Waals surface area contributed by atoms with Gasteiger partial charge in [0.25, 0.3) is 0 Å². The van der Waals surface area contributed by atoms with Gasteiger partial charge < -0.3 is 4.90 Å². The molecule has 0 spiro atoms. The summed E-state index contributed by atoms with van der Waals surface area (Å²) in [6.07, 6.45) is 4.61. The molecule has 1 aromatic rings. The van der Waals surface area contributed by atoms with Gasteiger partial charge >= 0.3 is 0 Å². The van der Waals surface area contributed by atoms with E-state index in [2.05, 4.69) is 40.9 Å². The van der Waals surface area contributed by atoms with E-state index >= 15 is 0 Å². The Morgan fingerprint density at radius 3 is 2.65 bits per heavy atom. The number of nitrogens with one attached hydrogen (secondary N) is 1. The summed E-state index contributed by atoms with van der Waals surface area (Å²) < 4.78 is 0. The standard InChI is InChI=1S/C16H24N2OS/c1-4-15(3)14(19)18(11-16(5-2)7-8-16)13(17-15)12-6-9-20-10-12/h6,9-10,13,17H,4-5,7-8,11H2,1-3H3. The molecule has 1 aliphatic carbocycles. The molecule has 1 amide bonds. The summed E-state index contributed by atoms with van der Waals surface area (Å²) in [6.45, 7) is 7.29. The molecule has 3 rings (SSSR count). The highest BCUT2D eigenvalue weighted by atomic mass is 32.1. The SMILES string of the molecule is CCC1(CN2C(=O)C(C)(CC)NC2c2ccsc2)CC1. The molecule has 1 saturated carbocycles. The van der Waals surface area contributed by atoms with Crippen LogP contribution in [0.5, 0.6) is 0 Å². The van der Waals surface area contributed by atoms with Gasteiger partial charge in [-0.05, 0) is 60.4 Å². The molecular weight excluding hydrogens is 268 g/mol. The summed E-state index contributed by atoms with van der Waals surface area (Å²) in [5.41, 5.74) is 1.22. The Labute approximate surface area is 125 Å². The van der Waals surface area contributed by atoms with Gasteiger partial charge in [-0.2, -0.15) is 11.3 Å². The zero-order valence-electron chi connectivity index (χ0n) is 12.6. The van der Waals surface area contributed by atoms with Crippen LogP contribution in [-0.4, -0.2) is 22.9 Å². The van der Waals surface area contributed by atoms with Crippen LogP contribution in [0.15, 0.2) is 16.8 Å². The van der Waals surface area contributed by atoms with Crippen molar-refractivity contribution in [3.05, 3.63) is 22.4 Å². The molecule has 2 aliphatic rings. The molecule has 0 radical (unpaired) electrons. The predicted molar refractivity (Wildman–Crippen MR) is 82.6 cm³/mol. The third-order valence-electron chi connectivity index (χ3n) is 5.28. The Morgan fingerprint density at radius 1 is 1.40 bits per heavy atom. The maximum absolute atomic E-state index is 12.9. The van der Waals surface area contributed by atoms with Crippen molar-refractivity contribution in [3.63, 3.8) is 0 Å². The van der Waals surface area contributed by atoms with Crippen LogP contribution in [0.1, 0.15) is 58.2 Å². The second kappa shape index (κ2) is 4.85. The van der Waals surface area contributed by atoms with Gasteiger partial charge in [-0.3, -0.25) is 10.1 Å². The lowest BCUT2D eigenvalue weighted by Gasteiger charge is -2.28. The lowest BCUT2D eigenvalue weighted by atomic mass is 9.98. The predicted octanol–water partition coefficient (Wildman–Crippen LogP) is 3.54. The third kappa shape index (κ3) is 2.19. The third-order valence-corrected chi connectivity index (χ3v) is 5.98. The second-order valence-corrected chi connectivity index (χ2v) is 7.36. The van der Waals surface area contributed by atoms with E-state index in [1.165, 1.54) is 24.8 Å². The van der Waals surface area contributed by atoms with E-state index in [0.29, 0.717) is 5.41 Å². The molecule has 1 aromatic heterocycles. The van der Waals surface area contributed by atoms with Crippen LogP contribution in [0.3, 0.4) is 0 Å². The zero-order valence-corrected chi connectivity index (χ0v) is 13.4. The number of hydrogen-bond donors (Lipinski definition) is 1. The number of hydrogen-bond acceptors (Lipinski definition) is 3. The minimum Gasteiger partial charge on any atom is -0.321 e. The Hall–Kier alpha value is -0.870. The molecule has 2 atom stereocenters. The average molecular weight is 292 g/mol. The first-order valence-corrected chi connectivity index (χ1v) is 8.59. The molecule has 2 fully saturated rings. The normalized spacial score (nSPS) is 31.9. The first kappa shape index (κ1) is 14.1. The van der Waals surface area contributed by atoms with Crippen molar-refractivity contribution < 1.29 is 4.79 Å². The van der Waals surface area contributed by atoms with Crippen LogP contribution in [0, 0.1) is 5.41 Å². The van der Waals surface area contributed by atoms with Gasteiger partial charge in [-0.15, -0.1) is 0 Å². The summed E-state index contributed by atoms with van der Waals surface area (Å²) >= 11 is 1.70. The number of carbonyl (C=O) groups excluding carboxylic acids is 1. The van der Waals surface area contributed by atoms with Gasteiger partial charge in [-0.1, -0.05) is 13.8 Å². The number of amides is 1.